The van der Waals surface area contributed by atoms with Crippen molar-refractivity contribution >= 4 is 23.1 Å². The Labute approximate surface area is 180 Å². The number of ether oxygens (including phenoxy) is 1. The number of halogens is 1. The molecule has 1 aliphatic heterocycles. The molecule has 158 valence electrons. The minimum atomic E-state index is -0.628. The maximum atomic E-state index is 14.4. The number of aromatic nitrogens is 1. The van der Waals surface area contributed by atoms with Gasteiger partial charge in [0.05, 0.1) is 12.2 Å². The topological polar surface area (TPSA) is 63.6 Å². The van der Waals surface area contributed by atoms with Crippen molar-refractivity contribution in [3.63, 3.8) is 0 Å². The zero-order valence-electron chi connectivity index (χ0n) is 17.3. The van der Waals surface area contributed by atoms with Crippen molar-refractivity contribution in [3.8, 4) is 0 Å². The number of nitrogens with one attached hydrogen (secondary N) is 1. The summed E-state index contributed by atoms with van der Waals surface area (Å²) in [5, 5.41) is 6.08. The number of carbonyl (C=O) groups excluding carboxylic acids is 1. The zero-order valence-corrected chi connectivity index (χ0v) is 18.1. The largest absolute Gasteiger partial charge is 0.463 e. The minimum absolute atomic E-state index is 0.222. The molecule has 7 heteroatoms. The third-order valence-corrected chi connectivity index (χ3v) is 6.60. The first kappa shape index (κ1) is 20.7. The van der Waals surface area contributed by atoms with Crippen LogP contribution < -0.4 is 5.32 Å². The van der Waals surface area contributed by atoms with Crippen LogP contribution in [0.5, 0.6) is 0 Å². The number of benzene rings is 1. The molecule has 1 unspecified atom stereocenters. The first-order chi connectivity index (χ1) is 14.6. The molecule has 5 nitrogen and oxygen atoms in total. The lowest BCUT2D eigenvalue weighted by Gasteiger charge is -2.33. The second-order valence-corrected chi connectivity index (χ2v) is 8.57. The van der Waals surface area contributed by atoms with Gasteiger partial charge in [-0.15, -0.1) is 11.3 Å². The highest BCUT2D eigenvalue weighted by atomic mass is 32.1. The van der Waals surface area contributed by atoms with E-state index in [9.17, 15) is 9.18 Å². The van der Waals surface area contributed by atoms with Crippen molar-refractivity contribution in [1.29, 1.82) is 0 Å². The third-order valence-electron chi connectivity index (χ3n) is 5.82. The van der Waals surface area contributed by atoms with Gasteiger partial charge in [0.1, 0.15) is 11.9 Å². The predicted octanol–water partition coefficient (Wildman–Crippen LogP) is 5.08. The van der Waals surface area contributed by atoms with Gasteiger partial charge in [-0.05, 0) is 49.8 Å². The Kier molecular flexibility index (Phi) is 6.27. The Morgan fingerprint density at radius 1 is 1.30 bits per heavy atom. The Morgan fingerprint density at radius 3 is 2.80 bits per heavy atom. The number of aliphatic imine (C=N–C) groups is 1. The molecule has 1 N–H and O–H groups in total. The van der Waals surface area contributed by atoms with Crippen molar-refractivity contribution in [2.24, 2.45) is 10.9 Å². The normalized spacial score (nSPS) is 20.0. The number of rotatable bonds is 5. The van der Waals surface area contributed by atoms with Gasteiger partial charge < -0.3 is 10.1 Å². The van der Waals surface area contributed by atoms with E-state index in [1.165, 1.54) is 23.8 Å². The van der Waals surface area contributed by atoms with Crippen LogP contribution in [0.4, 0.5) is 4.39 Å². The Bertz CT molecular complexity index is 978. The van der Waals surface area contributed by atoms with E-state index in [1.54, 1.807) is 26.1 Å². The van der Waals surface area contributed by atoms with Gasteiger partial charge in [0.2, 0.25) is 0 Å². The van der Waals surface area contributed by atoms with Crippen LogP contribution in [-0.4, -0.2) is 23.4 Å². The van der Waals surface area contributed by atoms with E-state index < -0.39 is 6.04 Å². The lowest BCUT2D eigenvalue weighted by atomic mass is 9.82. The fourth-order valence-electron chi connectivity index (χ4n) is 4.31. The summed E-state index contributed by atoms with van der Waals surface area (Å²) < 4.78 is 19.9. The van der Waals surface area contributed by atoms with Crippen LogP contribution in [0.25, 0.3) is 0 Å². The lowest BCUT2D eigenvalue weighted by Crippen LogP contribution is -2.37. The van der Waals surface area contributed by atoms with Crippen LogP contribution >= 0.6 is 11.3 Å². The fraction of sp³-hybridized carbons (Fsp3) is 0.435. The maximum Gasteiger partial charge on any atom is 0.338 e. The van der Waals surface area contributed by atoms with Crippen molar-refractivity contribution in [3.05, 3.63) is 63.0 Å². The number of carbonyl (C=O) groups is 1. The quantitative estimate of drug-likeness (QED) is 0.676. The molecular formula is C23H26FN3O2S. The highest BCUT2D eigenvalue weighted by molar-refractivity contribution is 7.11. The van der Waals surface area contributed by atoms with Crippen molar-refractivity contribution in [2.45, 2.75) is 52.0 Å². The second-order valence-electron chi connectivity index (χ2n) is 7.68. The summed E-state index contributed by atoms with van der Waals surface area (Å²) in [6.07, 6.45) is 7.20. The van der Waals surface area contributed by atoms with E-state index in [1.807, 2.05) is 11.4 Å². The summed E-state index contributed by atoms with van der Waals surface area (Å²) in [6, 6.07) is 4.31. The average Bonchev–Trinajstić information content (AvgIpc) is 3.30. The summed E-state index contributed by atoms with van der Waals surface area (Å²) >= 11 is 1.49. The average molecular weight is 428 g/mol. The zero-order chi connectivity index (χ0) is 21.1. The van der Waals surface area contributed by atoms with Crippen LogP contribution in [0.1, 0.15) is 61.2 Å². The molecule has 0 amide bonds. The Hall–Kier alpha value is -2.54. The molecule has 1 atom stereocenters. The van der Waals surface area contributed by atoms with Crippen LogP contribution in [0.2, 0.25) is 0 Å². The van der Waals surface area contributed by atoms with Gasteiger partial charge in [0.15, 0.2) is 10.8 Å². The van der Waals surface area contributed by atoms with Crippen LogP contribution in [0, 0.1) is 18.7 Å². The summed E-state index contributed by atoms with van der Waals surface area (Å²) in [4.78, 5) is 22.4. The molecule has 2 aliphatic rings. The molecule has 0 bridgehead atoms. The molecule has 0 radical (unpaired) electrons. The SMILES string of the molecule is CCOC(=O)C1=C(C2CCCCC2)NC(c2nccs2)=NC1c1cccc(F)c1C. The van der Waals surface area contributed by atoms with Gasteiger partial charge in [0, 0.05) is 17.3 Å². The van der Waals surface area contributed by atoms with Gasteiger partial charge >= 0.3 is 5.97 Å². The number of nitrogens with zero attached hydrogens (tertiary/aromatic N) is 2. The number of amidine groups is 1. The van der Waals surface area contributed by atoms with E-state index in [0.29, 0.717) is 22.5 Å². The van der Waals surface area contributed by atoms with Gasteiger partial charge in [-0.1, -0.05) is 31.4 Å². The second kappa shape index (κ2) is 9.08. The predicted molar refractivity (Wildman–Crippen MR) is 116 cm³/mol. The van der Waals surface area contributed by atoms with Crippen molar-refractivity contribution in [2.75, 3.05) is 6.61 Å². The standard InChI is InChI=1S/C23H26FN3O2S/c1-3-29-23(28)18-19(15-8-5-4-6-9-15)26-21(22-25-12-13-30-22)27-20(18)16-10-7-11-17(24)14(16)2/h7,10-13,15,20H,3-6,8-9H2,1-2H3,(H,26,27). The summed E-state index contributed by atoms with van der Waals surface area (Å²) in [7, 11) is 0. The molecule has 0 saturated heterocycles. The van der Waals surface area contributed by atoms with Crippen molar-refractivity contribution < 1.29 is 13.9 Å². The number of hydrogen-bond acceptors (Lipinski definition) is 6. The smallest absolute Gasteiger partial charge is 0.338 e. The molecular weight excluding hydrogens is 401 g/mol. The lowest BCUT2D eigenvalue weighted by molar-refractivity contribution is -0.139. The minimum Gasteiger partial charge on any atom is -0.463 e. The van der Waals surface area contributed by atoms with E-state index in [0.717, 1.165) is 36.4 Å². The monoisotopic (exact) mass is 427 g/mol. The van der Waals surface area contributed by atoms with E-state index in [-0.39, 0.29) is 24.3 Å². The van der Waals surface area contributed by atoms with E-state index in [4.69, 9.17) is 9.73 Å². The molecule has 1 aromatic carbocycles. The first-order valence-electron chi connectivity index (χ1n) is 10.5. The molecule has 4 rings (SSSR count). The van der Waals surface area contributed by atoms with Gasteiger partial charge in [-0.25, -0.2) is 14.2 Å². The number of allylic oxidation sites excluding steroid dienone is 1. The van der Waals surface area contributed by atoms with Crippen molar-refractivity contribution in [1.82, 2.24) is 10.3 Å². The molecule has 1 aliphatic carbocycles. The molecule has 1 fully saturated rings. The van der Waals surface area contributed by atoms with E-state index >= 15 is 0 Å². The van der Waals surface area contributed by atoms with Crippen LogP contribution in [0.3, 0.4) is 0 Å². The molecule has 0 spiro atoms. The first-order valence-corrected chi connectivity index (χ1v) is 11.4. The summed E-state index contributed by atoms with van der Waals surface area (Å²) in [5.41, 5.74) is 2.54. The fourth-order valence-corrected chi connectivity index (χ4v) is 4.89. The van der Waals surface area contributed by atoms with E-state index in [2.05, 4.69) is 10.3 Å². The summed E-state index contributed by atoms with van der Waals surface area (Å²) in [5.74, 6) is 0.160. The third kappa shape index (κ3) is 4.03. The number of esters is 1. The molecule has 2 heterocycles. The molecule has 30 heavy (non-hydrogen) atoms. The summed E-state index contributed by atoms with van der Waals surface area (Å²) in [6.45, 7) is 3.80. The Balaban J connectivity index is 1.89. The van der Waals surface area contributed by atoms with Crippen LogP contribution in [-0.2, 0) is 9.53 Å². The number of hydrogen-bond donors (Lipinski definition) is 1. The highest BCUT2D eigenvalue weighted by Crippen LogP contribution is 2.40. The number of thiazole rings is 1. The molecule has 1 aromatic heterocycles. The molecule has 1 saturated carbocycles. The van der Waals surface area contributed by atoms with Gasteiger partial charge in [-0.2, -0.15) is 0 Å². The Morgan fingerprint density at radius 2 is 2.10 bits per heavy atom. The van der Waals surface area contributed by atoms with Gasteiger partial charge in [-0.3, -0.25) is 4.99 Å². The highest BCUT2D eigenvalue weighted by Gasteiger charge is 2.36. The van der Waals surface area contributed by atoms with Crippen LogP contribution in [0.15, 0.2) is 46.0 Å². The molecule has 2 aromatic rings. The maximum absolute atomic E-state index is 14.4. The van der Waals surface area contributed by atoms with Gasteiger partial charge in [0.25, 0.3) is 0 Å².